The molecule has 59 heavy (non-hydrogen) atoms. The SMILES string of the molecule is c1ccc(-c2nc(-c3ccccc3)nc(-c3ccc4c(c3)oc3c(-c5cc6ccccc6c6ccccc56)cc(-c5cc6ccccc6c6ccccc56)cc34)n2)cc1. The molecule has 10 aromatic carbocycles. The Labute approximate surface area is 339 Å². The van der Waals surface area contributed by atoms with Crippen molar-refractivity contribution in [1.29, 1.82) is 0 Å². The van der Waals surface area contributed by atoms with Gasteiger partial charge in [0.1, 0.15) is 11.2 Å². The van der Waals surface area contributed by atoms with Gasteiger partial charge < -0.3 is 4.42 Å². The number of hydrogen-bond acceptors (Lipinski definition) is 4. The van der Waals surface area contributed by atoms with E-state index in [1.165, 1.54) is 48.7 Å². The maximum atomic E-state index is 7.07. The topological polar surface area (TPSA) is 51.8 Å². The minimum absolute atomic E-state index is 0.587. The summed E-state index contributed by atoms with van der Waals surface area (Å²) in [5, 5.41) is 11.8. The van der Waals surface area contributed by atoms with Gasteiger partial charge in [-0.2, -0.15) is 0 Å². The Morgan fingerprint density at radius 1 is 0.271 bits per heavy atom. The van der Waals surface area contributed by atoms with Crippen LogP contribution in [0.2, 0.25) is 0 Å². The Hall–Kier alpha value is -7.95. The predicted octanol–water partition coefficient (Wildman–Crippen LogP) is 14.7. The van der Waals surface area contributed by atoms with Crippen molar-refractivity contribution < 1.29 is 4.42 Å². The number of fused-ring (bicyclic) bond motifs is 9. The Balaban J connectivity index is 1.14. The fourth-order valence-electron chi connectivity index (χ4n) is 8.88. The van der Waals surface area contributed by atoms with Gasteiger partial charge in [0.2, 0.25) is 0 Å². The van der Waals surface area contributed by atoms with Gasteiger partial charge in [-0.05, 0) is 96.2 Å². The van der Waals surface area contributed by atoms with Crippen molar-refractivity contribution >= 4 is 65.0 Å². The Bertz CT molecular complexity index is 3550. The second-order valence-corrected chi connectivity index (χ2v) is 15.1. The monoisotopic (exact) mass is 751 g/mol. The molecule has 0 N–H and O–H groups in total. The number of rotatable bonds is 5. The highest BCUT2D eigenvalue weighted by atomic mass is 16.3. The minimum atomic E-state index is 0.587. The maximum Gasteiger partial charge on any atom is 0.164 e. The average molecular weight is 752 g/mol. The molecule has 0 fully saturated rings. The van der Waals surface area contributed by atoms with E-state index in [0.717, 1.165) is 55.3 Å². The first kappa shape index (κ1) is 33.2. The summed E-state index contributed by atoms with van der Waals surface area (Å²) in [5.74, 6) is 1.83. The Morgan fingerprint density at radius 3 is 1.34 bits per heavy atom. The molecule has 0 aliphatic carbocycles. The molecule has 12 rings (SSSR count). The zero-order chi connectivity index (χ0) is 38.9. The minimum Gasteiger partial charge on any atom is -0.455 e. The van der Waals surface area contributed by atoms with Crippen molar-refractivity contribution in [3.63, 3.8) is 0 Å². The molecule has 0 saturated carbocycles. The number of furan rings is 1. The molecule has 4 nitrogen and oxygen atoms in total. The lowest BCUT2D eigenvalue weighted by Gasteiger charge is -2.15. The number of aromatic nitrogens is 3. The molecule has 0 aliphatic heterocycles. The van der Waals surface area contributed by atoms with Gasteiger partial charge in [0.05, 0.1) is 0 Å². The third-order valence-electron chi connectivity index (χ3n) is 11.7. The lowest BCUT2D eigenvalue weighted by Crippen LogP contribution is -2.00. The van der Waals surface area contributed by atoms with Crippen molar-refractivity contribution in [2.45, 2.75) is 0 Å². The first-order valence-electron chi connectivity index (χ1n) is 19.9. The Morgan fingerprint density at radius 2 is 0.746 bits per heavy atom. The van der Waals surface area contributed by atoms with Crippen molar-refractivity contribution in [3.8, 4) is 56.4 Å². The van der Waals surface area contributed by atoms with Crippen molar-refractivity contribution in [2.24, 2.45) is 0 Å². The highest BCUT2D eigenvalue weighted by Crippen LogP contribution is 2.45. The van der Waals surface area contributed by atoms with Gasteiger partial charge in [0, 0.05) is 33.0 Å². The summed E-state index contributed by atoms with van der Waals surface area (Å²) in [6.07, 6.45) is 0. The van der Waals surface area contributed by atoms with Gasteiger partial charge in [-0.15, -0.1) is 0 Å². The molecule has 0 radical (unpaired) electrons. The van der Waals surface area contributed by atoms with Gasteiger partial charge in [0.25, 0.3) is 0 Å². The van der Waals surface area contributed by atoms with Gasteiger partial charge in [-0.25, -0.2) is 15.0 Å². The molecule has 0 bridgehead atoms. The van der Waals surface area contributed by atoms with E-state index in [1.807, 2.05) is 60.7 Å². The van der Waals surface area contributed by atoms with Crippen LogP contribution in [-0.4, -0.2) is 15.0 Å². The molecule has 0 aliphatic rings. The second-order valence-electron chi connectivity index (χ2n) is 15.1. The molecule has 0 spiro atoms. The summed E-state index contributed by atoms with van der Waals surface area (Å²) in [6, 6.07) is 70.6. The van der Waals surface area contributed by atoms with E-state index in [4.69, 9.17) is 19.4 Å². The second kappa shape index (κ2) is 13.3. The van der Waals surface area contributed by atoms with Gasteiger partial charge in [0.15, 0.2) is 17.5 Å². The number of hydrogen-bond donors (Lipinski definition) is 0. The zero-order valence-corrected chi connectivity index (χ0v) is 31.8. The van der Waals surface area contributed by atoms with Crippen LogP contribution in [0.3, 0.4) is 0 Å². The summed E-state index contributed by atoms with van der Waals surface area (Å²) in [4.78, 5) is 15.0. The number of nitrogens with zero attached hydrogens (tertiary/aromatic N) is 3. The first-order chi connectivity index (χ1) is 29.2. The molecule has 274 valence electrons. The molecule has 4 heteroatoms. The molecule has 2 aromatic heterocycles. The van der Waals surface area contributed by atoms with Crippen LogP contribution in [0, 0.1) is 0 Å². The normalized spacial score (nSPS) is 11.7. The van der Waals surface area contributed by atoms with Crippen LogP contribution in [0.4, 0.5) is 0 Å². The predicted molar refractivity (Wildman–Crippen MR) is 244 cm³/mol. The van der Waals surface area contributed by atoms with Gasteiger partial charge >= 0.3 is 0 Å². The molecule has 0 atom stereocenters. The van der Waals surface area contributed by atoms with E-state index in [0.29, 0.717) is 17.5 Å². The van der Waals surface area contributed by atoms with Crippen LogP contribution in [0.15, 0.2) is 205 Å². The lowest BCUT2D eigenvalue weighted by atomic mass is 9.88. The summed E-state index contributed by atoms with van der Waals surface area (Å²) in [6.45, 7) is 0. The van der Waals surface area contributed by atoms with Crippen LogP contribution < -0.4 is 0 Å². The fraction of sp³-hybridized carbons (Fsp3) is 0. The summed E-state index contributed by atoms with van der Waals surface area (Å²) in [5.41, 5.74) is 8.83. The van der Waals surface area contributed by atoms with E-state index in [9.17, 15) is 0 Å². The molecule has 0 unspecified atom stereocenters. The highest BCUT2D eigenvalue weighted by molar-refractivity contribution is 6.20. The summed E-state index contributed by atoms with van der Waals surface area (Å²) < 4.78 is 7.07. The van der Waals surface area contributed by atoms with Crippen LogP contribution >= 0.6 is 0 Å². The highest BCUT2D eigenvalue weighted by Gasteiger charge is 2.21. The lowest BCUT2D eigenvalue weighted by molar-refractivity contribution is 0.670. The standard InChI is InChI=1S/C55H33N3O/c1-3-15-34(16-4-1)53-56-54(35-17-5-2-6-18-35)58-55(57-53)38-27-28-46-49-31-39(47-29-36-19-7-9-21-40(36)42-23-11-13-25-44(42)47)32-50(52(49)59-51(46)33-38)48-30-37-20-8-10-22-41(37)43-24-12-14-26-45(43)48/h1-33H. The zero-order valence-electron chi connectivity index (χ0n) is 31.8. The summed E-state index contributed by atoms with van der Waals surface area (Å²) in [7, 11) is 0. The van der Waals surface area contributed by atoms with Crippen LogP contribution in [0.5, 0.6) is 0 Å². The first-order valence-corrected chi connectivity index (χ1v) is 19.9. The van der Waals surface area contributed by atoms with Crippen LogP contribution in [0.25, 0.3) is 121 Å². The van der Waals surface area contributed by atoms with E-state index in [2.05, 4.69) is 140 Å². The maximum absolute atomic E-state index is 7.07. The quantitative estimate of drug-likeness (QED) is 0.164. The van der Waals surface area contributed by atoms with E-state index >= 15 is 0 Å². The largest absolute Gasteiger partial charge is 0.455 e. The number of benzene rings is 10. The Kier molecular flexibility index (Phi) is 7.50. The van der Waals surface area contributed by atoms with E-state index in [1.54, 1.807) is 0 Å². The molecule has 2 heterocycles. The smallest absolute Gasteiger partial charge is 0.164 e. The van der Waals surface area contributed by atoms with Gasteiger partial charge in [-0.3, -0.25) is 0 Å². The fourth-order valence-corrected chi connectivity index (χ4v) is 8.88. The molecule has 12 aromatic rings. The van der Waals surface area contributed by atoms with Crippen LogP contribution in [0.1, 0.15) is 0 Å². The van der Waals surface area contributed by atoms with Crippen LogP contribution in [-0.2, 0) is 0 Å². The average Bonchev–Trinajstić information content (AvgIpc) is 3.69. The van der Waals surface area contributed by atoms with Crippen molar-refractivity contribution in [1.82, 2.24) is 15.0 Å². The van der Waals surface area contributed by atoms with Crippen molar-refractivity contribution in [2.75, 3.05) is 0 Å². The van der Waals surface area contributed by atoms with Crippen molar-refractivity contribution in [3.05, 3.63) is 200 Å². The van der Waals surface area contributed by atoms with E-state index < -0.39 is 0 Å². The molecular weight excluding hydrogens is 719 g/mol. The molecular formula is C55H33N3O. The van der Waals surface area contributed by atoms with Gasteiger partial charge in [-0.1, -0.05) is 164 Å². The third kappa shape index (κ3) is 5.49. The molecule has 0 saturated heterocycles. The third-order valence-corrected chi connectivity index (χ3v) is 11.7. The summed E-state index contributed by atoms with van der Waals surface area (Å²) >= 11 is 0. The van der Waals surface area contributed by atoms with E-state index in [-0.39, 0.29) is 0 Å². The molecule has 0 amide bonds.